The van der Waals surface area contributed by atoms with Crippen molar-refractivity contribution < 1.29 is 17.6 Å². The molecule has 1 atom stereocenters. The topological polar surface area (TPSA) is 39.2 Å². The minimum Gasteiger partial charge on any atom is -0.455 e. The lowest BCUT2D eigenvalue weighted by molar-refractivity contribution is -0.153. The molecule has 1 heterocycles. The van der Waals surface area contributed by atoms with Crippen molar-refractivity contribution in [2.24, 2.45) is 11.7 Å². The van der Waals surface area contributed by atoms with Crippen LogP contribution in [-0.4, -0.2) is 0 Å². The van der Waals surface area contributed by atoms with Gasteiger partial charge in [0, 0.05) is 0 Å². The highest BCUT2D eigenvalue weighted by Crippen LogP contribution is 2.41. The number of alkyl halides is 3. The lowest BCUT2D eigenvalue weighted by Crippen LogP contribution is -2.11. The van der Waals surface area contributed by atoms with Gasteiger partial charge in [-0.1, -0.05) is 0 Å². The van der Waals surface area contributed by atoms with Crippen LogP contribution in [0.4, 0.5) is 13.2 Å². The summed E-state index contributed by atoms with van der Waals surface area (Å²) in [5.41, 5.74) is 5.70. The first-order valence-corrected chi connectivity index (χ1v) is 4.41. The van der Waals surface area contributed by atoms with Crippen LogP contribution in [0.25, 0.3) is 0 Å². The van der Waals surface area contributed by atoms with Gasteiger partial charge in [0.15, 0.2) is 0 Å². The molecule has 1 aromatic heterocycles. The average molecular weight is 205 g/mol. The Morgan fingerprint density at radius 2 is 2.00 bits per heavy atom. The Morgan fingerprint density at radius 1 is 1.36 bits per heavy atom. The van der Waals surface area contributed by atoms with Gasteiger partial charge in [-0.15, -0.1) is 0 Å². The van der Waals surface area contributed by atoms with Crippen LogP contribution in [0.15, 0.2) is 16.5 Å². The van der Waals surface area contributed by atoms with Crippen LogP contribution in [0.3, 0.4) is 0 Å². The molecule has 1 aliphatic rings. The summed E-state index contributed by atoms with van der Waals surface area (Å²) in [7, 11) is 0. The molecule has 5 heteroatoms. The normalized spacial score (nSPS) is 19.7. The first-order chi connectivity index (χ1) is 6.48. The molecule has 1 unspecified atom stereocenters. The van der Waals surface area contributed by atoms with Crippen LogP contribution in [0.5, 0.6) is 0 Å². The van der Waals surface area contributed by atoms with Gasteiger partial charge in [-0.25, -0.2) is 0 Å². The van der Waals surface area contributed by atoms with Crippen molar-refractivity contribution >= 4 is 0 Å². The fourth-order valence-electron chi connectivity index (χ4n) is 1.37. The van der Waals surface area contributed by atoms with Gasteiger partial charge in [-0.3, -0.25) is 0 Å². The molecule has 1 fully saturated rings. The number of furan rings is 1. The summed E-state index contributed by atoms with van der Waals surface area (Å²) in [6.07, 6.45) is -2.46. The Morgan fingerprint density at radius 3 is 2.43 bits per heavy atom. The van der Waals surface area contributed by atoms with E-state index in [2.05, 4.69) is 4.42 Å². The smallest absolute Gasteiger partial charge is 0.449 e. The van der Waals surface area contributed by atoms with Crippen LogP contribution in [0.2, 0.25) is 0 Å². The van der Waals surface area contributed by atoms with Gasteiger partial charge < -0.3 is 10.2 Å². The Kier molecular flexibility index (Phi) is 2.06. The second kappa shape index (κ2) is 3.02. The second-order valence-corrected chi connectivity index (χ2v) is 3.56. The summed E-state index contributed by atoms with van der Waals surface area (Å²) < 4.78 is 41.1. The summed E-state index contributed by atoms with van der Waals surface area (Å²) in [6, 6.07) is 1.86. The lowest BCUT2D eigenvalue weighted by Gasteiger charge is -2.06. The molecule has 0 saturated heterocycles. The molecule has 0 bridgehead atoms. The minimum atomic E-state index is -4.42. The summed E-state index contributed by atoms with van der Waals surface area (Å²) in [4.78, 5) is 0. The van der Waals surface area contributed by atoms with E-state index in [1.54, 1.807) is 0 Å². The van der Waals surface area contributed by atoms with Crippen molar-refractivity contribution in [2.45, 2.75) is 25.1 Å². The third-order valence-corrected chi connectivity index (χ3v) is 2.36. The monoisotopic (exact) mass is 205 g/mol. The lowest BCUT2D eigenvalue weighted by atomic mass is 10.1. The van der Waals surface area contributed by atoms with E-state index in [9.17, 15) is 13.2 Å². The van der Waals surface area contributed by atoms with Crippen molar-refractivity contribution in [3.05, 3.63) is 23.7 Å². The van der Waals surface area contributed by atoms with Crippen LogP contribution < -0.4 is 5.73 Å². The standard InChI is InChI=1S/C9H10F3NO/c10-9(11,12)7-4-3-6(14-7)8(13)5-1-2-5/h3-5,8H,1-2,13H2. The number of rotatable bonds is 2. The first-order valence-electron chi connectivity index (χ1n) is 4.41. The Labute approximate surface area is 78.9 Å². The SMILES string of the molecule is NC(c1ccc(C(F)(F)F)o1)C1CC1. The maximum Gasteiger partial charge on any atom is 0.449 e. The summed E-state index contributed by atoms with van der Waals surface area (Å²) in [5, 5.41) is 0. The van der Waals surface area contributed by atoms with Gasteiger partial charge in [-0.2, -0.15) is 13.2 Å². The Bertz CT molecular complexity index is 327. The van der Waals surface area contributed by atoms with Gasteiger partial charge >= 0.3 is 6.18 Å². The molecule has 0 aromatic carbocycles. The Balaban J connectivity index is 2.16. The van der Waals surface area contributed by atoms with Crippen LogP contribution >= 0.6 is 0 Å². The highest BCUT2D eigenvalue weighted by Gasteiger charge is 2.37. The van der Waals surface area contributed by atoms with Crippen molar-refractivity contribution in [1.29, 1.82) is 0 Å². The van der Waals surface area contributed by atoms with E-state index in [-0.39, 0.29) is 11.8 Å². The van der Waals surface area contributed by atoms with Crippen molar-refractivity contribution in [1.82, 2.24) is 0 Å². The highest BCUT2D eigenvalue weighted by molar-refractivity contribution is 5.14. The molecule has 0 amide bonds. The summed E-state index contributed by atoms with van der Waals surface area (Å²) in [5.74, 6) is -0.439. The molecule has 2 rings (SSSR count). The van der Waals surface area contributed by atoms with Crippen LogP contribution in [0, 0.1) is 5.92 Å². The molecule has 1 aromatic rings. The van der Waals surface area contributed by atoms with E-state index in [1.807, 2.05) is 0 Å². The van der Waals surface area contributed by atoms with E-state index >= 15 is 0 Å². The molecule has 0 aliphatic heterocycles. The number of hydrogen-bond acceptors (Lipinski definition) is 2. The van der Waals surface area contributed by atoms with Crippen LogP contribution in [0.1, 0.15) is 30.4 Å². The summed E-state index contributed by atoms with van der Waals surface area (Å²) in [6.45, 7) is 0. The maximum absolute atomic E-state index is 12.1. The van der Waals surface area contributed by atoms with Crippen molar-refractivity contribution in [3.8, 4) is 0 Å². The molecule has 0 spiro atoms. The zero-order valence-electron chi connectivity index (χ0n) is 7.34. The van der Waals surface area contributed by atoms with E-state index < -0.39 is 11.9 Å². The third kappa shape index (κ3) is 1.77. The predicted octanol–water partition coefficient (Wildman–Crippen LogP) is 2.71. The van der Waals surface area contributed by atoms with Gasteiger partial charge in [0.25, 0.3) is 0 Å². The second-order valence-electron chi connectivity index (χ2n) is 3.56. The van der Waals surface area contributed by atoms with E-state index in [0.717, 1.165) is 18.9 Å². The van der Waals surface area contributed by atoms with Gasteiger partial charge in [0.05, 0.1) is 6.04 Å². The van der Waals surface area contributed by atoms with Gasteiger partial charge in [-0.05, 0) is 30.9 Å². The van der Waals surface area contributed by atoms with Crippen molar-refractivity contribution in [2.75, 3.05) is 0 Å². The number of halogens is 3. The molecule has 14 heavy (non-hydrogen) atoms. The molecule has 78 valence electrons. The third-order valence-electron chi connectivity index (χ3n) is 2.36. The Hall–Kier alpha value is -0.970. The van der Waals surface area contributed by atoms with E-state index in [4.69, 9.17) is 5.73 Å². The number of nitrogens with two attached hydrogens (primary N) is 1. The maximum atomic E-state index is 12.1. The largest absolute Gasteiger partial charge is 0.455 e. The predicted molar refractivity (Wildman–Crippen MR) is 43.4 cm³/mol. The molecule has 1 aliphatic carbocycles. The first kappa shape index (κ1) is 9.58. The molecular weight excluding hydrogens is 195 g/mol. The molecule has 1 saturated carbocycles. The van der Waals surface area contributed by atoms with Crippen LogP contribution in [-0.2, 0) is 6.18 Å². The molecule has 2 nitrogen and oxygen atoms in total. The quantitative estimate of drug-likeness (QED) is 0.806. The summed E-state index contributed by atoms with van der Waals surface area (Å²) >= 11 is 0. The van der Waals surface area contributed by atoms with E-state index in [0.29, 0.717) is 5.92 Å². The number of hydrogen-bond donors (Lipinski definition) is 1. The zero-order chi connectivity index (χ0) is 10.3. The van der Waals surface area contributed by atoms with E-state index in [1.165, 1.54) is 6.07 Å². The highest BCUT2D eigenvalue weighted by atomic mass is 19.4. The molecule has 0 radical (unpaired) electrons. The zero-order valence-corrected chi connectivity index (χ0v) is 7.34. The molecule has 2 N–H and O–H groups in total. The van der Waals surface area contributed by atoms with Gasteiger partial charge in [0.1, 0.15) is 5.76 Å². The van der Waals surface area contributed by atoms with Crippen molar-refractivity contribution in [3.63, 3.8) is 0 Å². The minimum absolute atomic E-state index is 0.236. The molecular formula is C9H10F3NO. The fraction of sp³-hybridized carbons (Fsp3) is 0.556. The fourth-order valence-corrected chi connectivity index (χ4v) is 1.37. The van der Waals surface area contributed by atoms with Gasteiger partial charge in [0.2, 0.25) is 5.76 Å². The average Bonchev–Trinajstić information content (AvgIpc) is 2.79.